The van der Waals surface area contributed by atoms with E-state index in [4.69, 9.17) is 10.5 Å². The zero-order valence-electron chi connectivity index (χ0n) is 13.4. The van der Waals surface area contributed by atoms with Crippen molar-refractivity contribution in [1.82, 2.24) is 0 Å². The number of fused-ring (bicyclic) bond motifs is 1. The van der Waals surface area contributed by atoms with Crippen molar-refractivity contribution in [3.8, 4) is 5.75 Å². The van der Waals surface area contributed by atoms with Crippen molar-refractivity contribution in [1.29, 1.82) is 0 Å². The molecule has 120 valence electrons. The van der Waals surface area contributed by atoms with Gasteiger partial charge in [-0.3, -0.25) is 0 Å². The minimum Gasteiger partial charge on any atom is -0.459 e. The molecule has 1 aliphatic heterocycles. The van der Waals surface area contributed by atoms with Crippen LogP contribution < -0.4 is 10.5 Å². The van der Waals surface area contributed by atoms with E-state index in [9.17, 15) is 5.11 Å². The van der Waals surface area contributed by atoms with Gasteiger partial charge < -0.3 is 15.6 Å². The molecule has 4 heteroatoms. The molecule has 0 amide bonds. The summed E-state index contributed by atoms with van der Waals surface area (Å²) >= 11 is 3.56. The Morgan fingerprint density at radius 1 is 1.13 bits per heavy atom. The fourth-order valence-corrected chi connectivity index (χ4v) is 3.16. The average molecular weight is 374 g/mol. The third-order valence-electron chi connectivity index (χ3n) is 3.99. The highest BCUT2D eigenvalue weighted by atomic mass is 79.9. The van der Waals surface area contributed by atoms with E-state index in [-0.39, 0.29) is 5.41 Å². The topological polar surface area (TPSA) is 55.5 Å². The van der Waals surface area contributed by atoms with Gasteiger partial charge >= 0.3 is 0 Å². The monoisotopic (exact) mass is 373 g/mol. The van der Waals surface area contributed by atoms with E-state index in [0.29, 0.717) is 11.4 Å². The quantitative estimate of drug-likeness (QED) is 0.719. The molecule has 0 fully saturated rings. The van der Waals surface area contributed by atoms with Gasteiger partial charge in [0.1, 0.15) is 5.75 Å². The number of aliphatic hydroxyl groups excluding tert-OH is 1. The van der Waals surface area contributed by atoms with Crippen molar-refractivity contribution >= 4 is 33.3 Å². The number of nitrogen functional groups attached to an aromatic ring is 1. The van der Waals surface area contributed by atoms with Crippen LogP contribution in [0.5, 0.6) is 5.75 Å². The average Bonchev–Trinajstić information content (AvgIpc) is 2.47. The van der Waals surface area contributed by atoms with Crippen LogP contribution in [0.4, 0.5) is 5.69 Å². The van der Waals surface area contributed by atoms with Crippen LogP contribution >= 0.6 is 15.9 Å². The fraction of sp³-hybridized carbons (Fsp3) is 0.263. The molecule has 23 heavy (non-hydrogen) atoms. The molecule has 2 aromatic carbocycles. The standard InChI is InChI=1S/C19H20BrNO2/c1-19(2,3)13-8-12-9-15(11-4-6-14(21)7-5-11)18(22)23-17(12)16(20)10-13/h4-10,18,22H,21H2,1-3H3. The smallest absolute Gasteiger partial charge is 0.224 e. The van der Waals surface area contributed by atoms with Crippen LogP contribution in [0.3, 0.4) is 0 Å². The first-order valence-corrected chi connectivity index (χ1v) is 8.31. The zero-order valence-corrected chi connectivity index (χ0v) is 15.0. The number of benzene rings is 2. The number of rotatable bonds is 1. The molecule has 1 atom stereocenters. The van der Waals surface area contributed by atoms with E-state index in [1.54, 1.807) is 0 Å². The van der Waals surface area contributed by atoms with Crippen LogP contribution in [0.15, 0.2) is 40.9 Å². The van der Waals surface area contributed by atoms with Gasteiger partial charge in [0, 0.05) is 16.8 Å². The molecule has 2 aromatic rings. The third kappa shape index (κ3) is 3.14. The maximum Gasteiger partial charge on any atom is 0.224 e. The van der Waals surface area contributed by atoms with Gasteiger partial charge in [-0.2, -0.15) is 0 Å². The molecule has 0 radical (unpaired) electrons. The molecule has 0 saturated carbocycles. The van der Waals surface area contributed by atoms with Crippen LogP contribution in [-0.4, -0.2) is 11.4 Å². The second-order valence-electron chi connectivity index (χ2n) is 6.82. The van der Waals surface area contributed by atoms with Crippen LogP contribution in [0.25, 0.3) is 11.6 Å². The first-order chi connectivity index (χ1) is 10.8. The number of nitrogens with two attached hydrogens (primary N) is 1. The maximum atomic E-state index is 10.3. The molecule has 1 aliphatic rings. The lowest BCUT2D eigenvalue weighted by Gasteiger charge is -2.27. The molecule has 3 N–H and O–H groups in total. The first kappa shape index (κ1) is 16.1. The second-order valence-corrected chi connectivity index (χ2v) is 7.67. The Kier molecular flexibility index (Phi) is 3.98. The minimum atomic E-state index is -0.997. The molecular weight excluding hydrogens is 354 g/mol. The minimum absolute atomic E-state index is 0.0306. The van der Waals surface area contributed by atoms with E-state index in [1.807, 2.05) is 36.4 Å². The van der Waals surface area contributed by atoms with Gasteiger partial charge in [0.05, 0.1) is 4.47 Å². The fourth-order valence-electron chi connectivity index (χ4n) is 2.59. The van der Waals surface area contributed by atoms with E-state index < -0.39 is 6.29 Å². The summed E-state index contributed by atoms with van der Waals surface area (Å²) in [6, 6.07) is 11.6. The van der Waals surface area contributed by atoms with E-state index in [2.05, 4.69) is 42.8 Å². The lowest BCUT2D eigenvalue weighted by atomic mass is 9.85. The molecule has 3 nitrogen and oxygen atoms in total. The van der Waals surface area contributed by atoms with E-state index in [0.717, 1.165) is 21.2 Å². The highest BCUT2D eigenvalue weighted by Crippen LogP contribution is 2.41. The number of halogens is 1. The van der Waals surface area contributed by atoms with Gasteiger partial charge in [0.25, 0.3) is 0 Å². The summed E-state index contributed by atoms with van der Waals surface area (Å²) in [5.41, 5.74) is 10.3. The van der Waals surface area contributed by atoms with E-state index >= 15 is 0 Å². The van der Waals surface area contributed by atoms with Crippen molar-refractivity contribution in [3.05, 3.63) is 57.6 Å². The van der Waals surface area contributed by atoms with Crippen molar-refractivity contribution in [2.45, 2.75) is 32.5 Å². The molecule has 1 unspecified atom stereocenters. The molecule has 3 rings (SSSR count). The predicted molar refractivity (Wildman–Crippen MR) is 98.2 cm³/mol. The molecule has 0 spiro atoms. The lowest BCUT2D eigenvalue weighted by molar-refractivity contribution is 0.0313. The number of anilines is 1. The molecule has 0 bridgehead atoms. The highest BCUT2D eigenvalue weighted by molar-refractivity contribution is 9.10. The normalized spacial score (nSPS) is 17.3. The molecule has 0 aromatic heterocycles. The Morgan fingerprint density at radius 2 is 1.78 bits per heavy atom. The highest BCUT2D eigenvalue weighted by Gasteiger charge is 2.26. The van der Waals surface area contributed by atoms with Gasteiger partial charge in [-0.25, -0.2) is 0 Å². The first-order valence-electron chi connectivity index (χ1n) is 7.52. The third-order valence-corrected chi connectivity index (χ3v) is 4.58. The predicted octanol–water partition coefficient (Wildman–Crippen LogP) is 4.58. The summed E-state index contributed by atoms with van der Waals surface area (Å²) < 4.78 is 6.59. The Bertz CT molecular complexity index is 773. The zero-order chi connectivity index (χ0) is 16.8. The van der Waals surface area contributed by atoms with Crippen molar-refractivity contribution in [2.75, 3.05) is 5.73 Å². The van der Waals surface area contributed by atoms with Crippen molar-refractivity contribution < 1.29 is 9.84 Å². The van der Waals surface area contributed by atoms with Crippen molar-refractivity contribution in [3.63, 3.8) is 0 Å². The summed E-state index contributed by atoms with van der Waals surface area (Å²) in [4.78, 5) is 0. The van der Waals surface area contributed by atoms with Gasteiger partial charge in [-0.05, 0) is 62.8 Å². The van der Waals surface area contributed by atoms with Crippen molar-refractivity contribution in [2.24, 2.45) is 0 Å². The summed E-state index contributed by atoms with van der Waals surface area (Å²) in [7, 11) is 0. The summed E-state index contributed by atoms with van der Waals surface area (Å²) in [5.74, 6) is 0.671. The number of hydrogen-bond donors (Lipinski definition) is 2. The Balaban J connectivity index is 2.12. The Labute approximate surface area is 144 Å². The molecule has 0 saturated heterocycles. The second kappa shape index (κ2) is 5.69. The SMILES string of the molecule is CC(C)(C)c1cc(Br)c2c(c1)C=C(c1ccc(N)cc1)C(O)O2. The van der Waals surface area contributed by atoms with E-state index in [1.165, 1.54) is 5.56 Å². The summed E-state index contributed by atoms with van der Waals surface area (Å²) in [6.45, 7) is 6.51. The van der Waals surface area contributed by atoms with Gasteiger partial charge in [-0.1, -0.05) is 32.9 Å². The van der Waals surface area contributed by atoms with Crippen LogP contribution in [0.2, 0.25) is 0 Å². The molecular formula is C19H20BrNO2. The van der Waals surface area contributed by atoms with Gasteiger partial charge in [0.2, 0.25) is 6.29 Å². The molecule has 0 aliphatic carbocycles. The maximum absolute atomic E-state index is 10.3. The van der Waals surface area contributed by atoms with Crippen LogP contribution in [-0.2, 0) is 5.41 Å². The lowest BCUT2D eigenvalue weighted by Crippen LogP contribution is -2.22. The van der Waals surface area contributed by atoms with Crippen LogP contribution in [0, 0.1) is 0 Å². The number of hydrogen-bond acceptors (Lipinski definition) is 3. The van der Waals surface area contributed by atoms with Gasteiger partial charge in [0.15, 0.2) is 0 Å². The Morgan fingerprint density at radius 3 is 2.39 bits per heavy atom. The van der Waals surface area contributed by atoms with Crippen LogP contribution in [0.1, 0.15) is 37.5 Å². The largest absolute Gasteiger partial charge is 0.459 e. The number of aliphatic hydroxyl groups is 1. The summed E-state index contributed by atoms with van der Waals surface area (Å²) in [5, 5.41) is 10.3. The number of ether oxygens (including phenoxy) is 1. The summed E-state index contributed by atoms with van der Waals surface area (Å²) in [6.07, 6.45) is 0.984. The Hall–Kier alpha value is -1.78. The molecule has 1 heterocycles. The van der Waals surface area contributed by atoms with Gasteiger partial charge in [-0.15, -0.1) is 0 Å².